The Morgan fingerprint density at radius 1 is 1.80 bits per heavy atom. The molecule has 0 radical (unpaired) electrons. The highest BCUT2D eigenvalue weighted by Crippen LogP contribution is 2.05. The lowest BCUT2D eigenvalue weighted by atomic mass is 10.8. The Bertz CT molecular complexity index is 248. The summed E-state index contributed by atoms with van der Waals surface area (Å²) >= 11 is 0. The van der Waals surface area contributed by atoms with Gasteiger partial charge in [-0.3, -0.25) is 0 Å². The van der Waals surface area contributed by atoms with Crippen molar-refractivity contribution in [3.8, 4) is 0 Å². The second kappa shape index (κ2) is 2.91. The SMILES string of the molecule is C=Nn1ccnc1N=CC. The fraction of sp³-hybridized carbons (Fsp3) is 0.167. The van der Waals surface area contributed by atoms with E-state index < -0.39 is 0 Å². The fourth-order valence-corrected chi connectivity index (χ4v) is 0.607. The minimum atomic E-state index is 0.553. The molecular weight excluding hydrogens is 128 g/mol. The van der Waals surface area contributed by atoms with Crippen molar-refractivity contribution in [2.75, 3.05) is 0 Å². The van der Waals surface area contributed by atoms with Crippen molar-refractivity contribution in [1.29, 1.82) is 0 Å². The maximum Gasteiger partial charge on any atom is 0.250 e. The summed E-state index contributed by atoms with van der Waals surface area (Å²) in [5.41, 5.74) is 0. The second-order valence-corrected chi connectivity index (χ2v) is 1.60. The van der Waals surface area contributed by atoms with Crippen molar-refractivity contribution in [2.24, 2.45) is 10.1 Å². The van der Waals surface area contributed by atoms with Crippen molar-refractivity contribution in [3.63, 3.8) is 0 Å². The molecule has 1 aromatic heterocycles. The van der Waals surface area contributed by atoms with E-state index in [9.17, 15) is 0 Å². The summed E-state index contributed by atoms with van der Waals surface area (Å²) in [6.45, 7) is 5.17. The zero-order valence-corrected chi connectivity index (χ0v) is 5.73. The lowest BCUT2D eigenvalue weighted by Gasteiger charge is -1.90. The maximum absolute atomic E-state index is 3.93. The molecule has 0 aliphatic heterocycles. The van der Waals surface area contributed by atoms with Crippen LogP contribution in [0.2, 0.25) is 0 Å². The Hall–Kier alpha value is -1.45. The molecule has 52 valence electrons. The van der Waals surface area contributed by atoms with Gasteiger partial charge in [0.25, 0.3) is 0 Å². The van der Waals surface area contributed by atoms with E-state index in [0.717, 1.165) is 0 Å². The van der Waals surface area contributed by atoms with Gasteiger partial charge in [-0.2, -0.15) is 5.10 Å². The zero-order valence-electron chi connectivity index (χ0n) is 5.73. The van der Waals surface area contributed by atoms with Gasteiger partial charge in [-0.1, -0.05) is 0 Å². The normalized spacial score (nSPS) is 10.5. The van der Waals surface area contributed by atoms with Gasteiger partial charge in [0.2, 0.25) is 5.95 Å². The van der Waals surface area contributed by atoms with Crippen LogP contribution in [0.1, 0.15) is 6.92 Å². The monoisotopic (exact) mass is 136 g/mol. The van der Waals surface area contributed by atoms with Crippen LogP contribution in [0.5, 0.6) is 0 Å². The van der Waals surface area contributed by atoms with Crippen molar-refractivity contribution in [3.05, 3.63) is 12.4 Å². The quantitative estimate of drug-likeness (QED) is 0.561. The second-order valence-electron chi connectivity index (χ2n) is 1.60. The lowest BCUT2D eigenvalue weighted by molar-refractivity contribution is 0.886. The van der Waals surface area contributed by atoms with Crippen molar-refractivity contribution < 1.29 is 0 Å². The van der Waals surface area contributed by atoms with Crippen LogP contribution in [0.25, 0.3) is 0 Å². The summed E-state index contributed by atoms with van der Waals surface area (Å²) in [5.74, 6) is 0.553. The molecule has 0 fully saturated rings. The van der Waals surface area contributed by atoms with Crippen molar-refractivity contribution in [1.82, 2.24) is 9.66 Å². The number of nitrogens with zero attached hydrogens (tertiary/aromatic N) is 4. The summed E-state index contributed by atoms with van der Waals surface area (Å²) in [6.07, 6.45) is 4.97. The molecule has 10 heavy (non-hydrogen) atoms. The third-order valence-corrected chi connectivity index (χ3v) is 1.000. The van der Waals surface area contributed by atoms with Crippen LogP contribution < -0.4 is 0 Å². The minimum Gasteiger partial charge on any atom is -0.224 e. The summed E-state index contributed by atoms with van der Waals surface area (Å²) in [6, 6.07) is 0. The van der Waals surface area contributed by atoms with E-state index in [1.807, 2.05) is 6.92 Å². The first-order chi connectivity index (χ1) is 4.88. The molecule has 0 spiro atoms. The van der Waals surface area contributed by atoms with Gasteiger partial charge in [0.15, 0.2) is 0 Å². The molecule has 0 saturated carbocycles. The van der Waals surface area contributed by atoms with Gasteiger partial charge >= 0.3 is 0 Å². The van der Waals surface area contributed by atoms with E-state index in [2.05, 4.69) is 21.8 Å². The molecule has 0 saturated heterocycles. The highest BCUT2D eigenvalue weighted by atomic mass is 15.4. The van der Waals surface area contributed by atoms with Gasteiger partial charge in [0, 0.05) is 19.1 Å². The van der Waals surface area contributed by atoms with Crippen LogP contribution in [-0.4, -0.2) is 22.6 Å². The largest absolute Gasteiger partial charge is 0.250 e. The minimum absolute atomic E-state index is 0.553. The molecule has 1 aromatic rings. The Morgan fingerprint density at radius 3 is 3.20 bits per heavy atom. The summed E-state index contributed by atoms with van der Waals surface area (Å²) in [7, 11) is 0. The third-order valence-electron chi connectivity index (χ3n) is 1.000. The van der Waals surface area contributed by atoms with Gasteiger partial charge in [-0.15, -0.1) is 0 Å². The molecular formula is C6H8N4. The maximum atomic E-state index is 3.93. The fourth-order valence-electron chi connectivity index (χ4n) is 0.607. The standard InChI is InChI=1S/C6H8N4/c1-3-8-6-9-4-5-10(6)7-2/h3-5H,2H2,1H3. The number of aromatic nitrogens is 2. The molecule has 0 unspecified atom stereocenters. The van der Waals surface area contributed by atoms with Crippen LogP contribution in [0.4, 0.5) is 5.95 Å². The first-order valence-electron chi connectivity index (χ1n) is 2.87. The van der Waals surface area contributed by atoms with Crippen LogP contribution in [0, 0.1) is 0 Å². The molecule has 4 nitrogen and oxygen atoms in total. The van der Waals surface area contributed by atoms with E-state index >= 15 is 0 Å². The third kappa shape index (κ3) is 1.10. The molecule has 0 bridgehead atoms. The van der Waals surface area contributed by atoms with Crippen molar-refractivity contribution in [2.45, 2.75) is 6.92 Å². The average molecular weight is 136 g/mol. The van der Waals surface area contributed by atoms with E-state index in [4.69, 9.17) is 0 Å². The summed E-state index contributed by atoms with van der Waals surface area (Å²) < 4.78 is 1.50. The average Bonchev–Trinajstić information content (AvgIpc) is 2.36. The molecule has 1 rings (SSSR count). The summed E-state index contributed by atoms with van der Waals surface area (Å²) in [5, 5.41) is 3.64. The molecule has 0 atom stereocenters. The number of aliphatic imine (C=N–C) groups is 1. The van der Waals surface area contributed by atoms with Crippen LogP contribution in [-0.2, 0) is 0 Å². The number of hydrogen-bond acceptors (Lipinski definition) is 3. The van der Waals surface area contributed by atoms with Gasteiger partial charge in [-0.05, 0) is 6.92 Å². The molecule has 0 aliphatic rings. The zero-order chi connectivity index (χ0) is 7.40. The van der Waals surface area contributed by atoms with Crippen molar-refractivity contribution >= 4 is 18.9 Å². The Kier molecular flexibility index (Phi) is 1.94. The smallest absolute Gasteiger partial charge is 0.224 e. The van der Waals surface area contributed by atoms with Crippen LogP contribution in [0.3, 0.4) is 0 Å². The van der Waals surface area contributed by atoms with E-state index in [-0.39, 0.29) is 0 Å². The number of hydrogen-bond donors (Lipinski definition) is 0. The van der Waals surface area contributed by atoms with E-state index in [1.165, 1.54) is 4.68 Å². The van der Waals surface area contributed by atoms with Crippen LogP contribution >= 0.6 is 0 Å². The Labute approximate surface area is 58.9 Å². The predicted octanol–water partition coefficient (Wildman–Crippen LogP) is 1.07. The first kappa shape index (κ1) is 6.67. The highest BCUT2D eigenvalue weighted by molar-refractivity contribution is 5.57. The molecule has 4 heteroatoms. The first-order valence-corrected chi connectivity index (χ1v) is 2.87. The highest BCUT2D eigenvalue weighted by Gasteiger charge is 1.93. The Balaban J connectivity index is 3.00. The number of imidazole rings is 1. The molecule has 0 aromatic carbocycles. The van der Waals surface area contributed by atoms with Gasteiger partial charge < -0.3 is 0 Å². The molecule has 1 heterocycles. The van der Waals surface area contributed by atoms with Gasteiger partial charge in [-0.25, -0.2) is 14.7 Å². The topological polar surface area (TPSA) is 42.5 Å². The van der Waals surface area contributed by atoms with E-state index in [1.54, 1.807) is 18.6 Å². The summed E-state index contributed by atoms with van der Waals surface area (Å²) in [4.78, 5) is 7.84. The molecule has 0 N–H and O–H groups in total. The van der Waals surface area contributed by atoms with Crippen LogP contribution in [0.15, 0.2) is 22.5 Å². The van der Waals surface area contributed by atoms with Gasteiger partial charge in [0.1, 0.15) is 0 Å². The molecule has 0 aliphatic carbocycles. The van der Waals surface area contributed by atoms with Gasteiger partial charge in [0.05, 0.1) is 6.20 Å². The molecule has 0 amide bonds. The lowest BCUT2D eigenvalue weighted by Crippen LogP contribution is -1.82. The van der Waals surface area contributed by atoms with E-state index in [0.29, 0.717) is 5.95 Å². The predicted molar refractivity (Wildman–Crippen MR) is 41.0 cm³/mol. The Morgan fingerprint density at radius 2 is 2.60 bits per heavy atom. The number of rotatable bonds is 2.